The van der Waals surface area contributed by atoms with Gasteiger partial charge < -0.3 is 5.32 Å². The van der Waals surface area contributed by atoms with Gasteiger partial charge in [-0.3, -0.25) is 4.79 Å². The molecule has 3 rings (SSSR count). The summed E-state index contributed by atoms with van der Waals surface area (Å²) in [6, 6.07) is 24.4. The Morgan fingerprint density at radius 1 is 0.870 bits per heavy atom. The number of anilines is 1. The number of hydrogen-bond donors (Lipinski definition) is 1. The van der Waals surface area contributed by atoms with E-state index in [4.69, 9.17) is 0 Å². The zero-order valence-corrected chi connectivity index (χ0v) is 13.7. The number of amides is 1. The summed E-state index contributed by atoms with van der Waals surface area (Å²) in [5.41, 5.74) is 2.19. The lowest BCUT2D eigenvalue weighted by molar-refractivity contribution is -0.115. The molecule has 0 saturated heterocycles. The highest BCUT2D eigenvalue weighted by Gasteiger charge is 2.05. The predicted molar refractivity (Wildman–Crippen MR) is 99.8 cm³/mol. The lowest BCUT2D eigenvalue weighted by Gasteiger charge is -2.08. The fraction of sp³-hybridized carbons (Fsp3) is 0.150. The van der Waals surface area contributed by atoms with Gasteiger partial charge in [-0.2, -0.15) is 11.8 Å². The Morgan fingerprint density at radius 2 is 1.61 bits per heavy atom. The highest BCUT2D eigenvalue weighted by atomic mass is 32.2. The molecule has 23 heavy (non-hydrogen) atoms. The lowest BCUT2D eigenvalue weighted by Crippen LogP contribution is -2.12. The number of benzene rings is 3. The molecule has 3 aromatic carbocycles. The topological polar surface area (TPSA) is 29.1 Å². The van der Waals surface area contributed by atoms with E-state index in [0.29, 0.717) is 6.42 Å². The molecule has 2 nitrogen and oxygen atoms in total. The number of rotatable bonds is 6. The van der Waals surface area contributed by atoms with Crippen LogP contribution >= 0.6 is 11.8 Å². The van der Waals surface area contributed by atoms with Gasteiger partial charge in [0.05, 0.1) is 0 Å². The fourth-order valence-corrected chi connectivity index (χ4v) is 3.38. The molecule has 0 radical (unpaired) electrons. The zero-order chi connectivity index (χ0) is 15.9. The van der Waals surface area contributed by atoms with Gasteiger partial charge in [-0.25, -0.2) is 0 Å². The third kappa shape index (κ3) is 4.36. The number of carbonyl (C=O) groups is 1. The molecule has 0 aliphatic rings. The van der Waals surface area contributed by atoms with Crippen LogP contribution in [0, 0.1) is 0 Å². The Kier molecular flexibility index (Phi) is 5.33. The van der Waals surface area contributed by atoms with E-state index in [2.05, 4.69) is 29.6 Å². The zero-order valence-electron chi connectivity index (χ0n) is 12.9. The predicted octanol–water partition coefficient (Wildman–Crippen LogP) is 5.10. The van der Waals surface area contributed by atoms with Crippen LogP contribution in [0.4, 0.5) is 5.69 Å². The Hall–Kier alpha value is -2.26. The average Bonchev–Trinajstić information content (AvgIpc) is 2.60. The number of nitrogens with one attached hydrogen (secondary N) is 1. The molecule has 3 heteroatoms. The van der Waals surface area contributed by atoms with E-state index in [9.17, 15) is 4.79 Å². The van der Waals surface area contributed by atoms with Crippen LogP contribution in [0.15, 0.2) is 72.8 Å². The van der Waals surface area contributed by atoms with Crippen molar-refractivity contribution in [1.82, 2.24) is 0 Å². The molecule has 0 aromatic heterocycles. The van der Waals surface area contributed by atoms with Gasteiger partial charge in [0.25, 0.3) is 0 Å². The summed E-state index contributed by atoms with van der Waals surface area (Å²) >= 11 is 1.79. The second-order valence-corrected chi connectivity index (χ2v) is 6.47. The molecule has 0 spiro atoms. The van der Waals surface area contributed by atoms with Gasteiger partial charge in [-0.05, 0) is 17.0 Å². The first-order chi connectivity index (χ1) is 11.3. The monoisotopic (exact) mass is 321 g/mol. The lowest BCUT2D eigenvalue weighted by atomic mass is 10.1. The van der Waals surface area contributed by atoms with Gasteiger partial charge in [-0.1, -0.05) is 66.7 Å². The van der Waals surface area contributed by atoms with Crippen molar-refractivity contribution in [1.29, 1.82) is 0 Å². The molecule has 0 heterocycles. The van der Waals surface area contributed by atoms with Crippen molar-refractivity contribution in [3.8, 4) is 0 Å². The van der Waals surface area contributed by atoms with Crippen LogP contribution in [0.1, 0.15) is 12.0 Å². The smallest absolute Gasteiger partial charge is 0.225 e. The SMILES string of the molecule is O=C(CCSCc1ccccc1)Nc1cccc2ccccc12. The quantitative estimate of drug-likeness (QED) is 0.640. The van der Waals surface area contributed by atoms with Crippen LogP contribution in [0.5, 0.6) is 0 Å². The molecule has 0 fully saturated rings. The van der Waals surface area contributed by atoms with E-state index in [1.165, 1.54) is 5.56 Å². The average molecular weight is 321 g/mol. The van der Waals surface area contributed by atoms with Crippen molar-refractivity contribution in [3.05, 3.63) is 78.4 Å². The van der Waals surface area contributed by atoms with Crippen molar-refractivity contribution in [3.63, 3.8) is 0 Å². The van der Waals surface area contributed by atoms with Crippen LogP contribution in [-0.4, -0.2) is 11.7 Å². The van der Waals surface area contributed by atoms with Crippen LogP contribution in [0.2, 0.25) is 0 Å². The molecule has 1 N–H and O–H groups in total. The first kappa shape index (κ1) is 15.6. The van der Waals surface area contributed by atoms with E-state index in [0.717, 1.165) is 28.0 Å². The summed E-state index contributed by atoms with van der Waals surface area (Å²) in [6.07, 6.45) is 0.528. The Labute approximate surface area is 140 Å². The van der Waals surface area contributed by atoms with E-state index in [1.807, 2.05) is 48.5 Å². The Balaban J connectivity index is 1.51. The number of hydrogen-bond acceptors (Lipinski definition) is 2. The van der Waals surface area contributed by atoms with E-state index in [-0.39, 0.29) is 5.91 Å². The van der Waals surface area contributed by atoms with Crippen LogP contribution < -0.4 is 5.32 Å². The van der Waals surface area contributed by atoms with Gasteiger partial charge in [0.1, 0.15) is 0 Å². The molecule has 0 bridgehead atoms. The van der Waals surface area contributed by atoms with Crippen molar-refractivity contribution in [2.75, 3.05) is 11.1 Å². The first-order valence-electron chi connectivity index (χ1n) is 7.72. The van der Waals surface area contributed by atoms with Gasteiger partial charge >= 0.3 is 0 Å². The van der Waals surface area contributed by atoms with Gasteiger partial charge in [0.2, 0.25) is 5.91 Å². The third-order valence-corrected chi connectivity index (χ3v) is 4.68. The molecule has 0 unspecified atom stereocenters. The number of thioether (sulfide) groups is 1. The van der Waals surface area contributed by atoms with E-state index in [1.54, 1.807) is 11.8 Å². The second kappa shape index (κ2) is 7.84. The molecule has 0 atom stereocenters. The maximum absolute atomic E-state index is 12.1. The molecular weight excluding hydrogens is 302 g/mol. The minimum Gasteiger partial charge on any atom is -0.325 e. The Bertz CT molecular complexity index is 781. The molecule has 3 aromatic rings. The maximum Gasteiger partial charge on any atom is 0.225 e. The van der Waals surface area contributed by atoms with Gasteiger partial charge in [-0.15, -0.1) is 0 Å². The number of fused-ring (bicyclic) bond motifs is 1. The van der Waals surface area contributed by atoms with Crippen molar-refractivity contribution in [2.24, 2.45) is 0 Å². The van der Waals surface area contributed by atoms with E-state index < -0.39 is 0 Å². The van der Waals surface area contributed by atoms with Crippen LogP contribution in [-0.2, 0) is 10.5 Å². The highest BCUT2D eigenvalue weighted by Crippen LogP contribution is 2.23. The first-order valence-corrected chi connectivity index (χ1v) is 8.88. The summed E-state index contributed by atoms with van der Waals surface area (Å²) in [5, 5.41) is 5.26. The Morgan fingerprint density at radius 3 is 2.48 bits per heavy atom. The van der Waals surface area contributed by atoms with Gasteiger partial charge in [0, 0.05) is 29.0 Å². The summed E-state index contributed by atoms with van der Waals surface area (Å²) in [6.45, 7) is 0. The molecule has 116 valence electrons. The standard InChI is InChI=1S/C20H19NOS/c22-20(13-14-23-15-16-7-2-1-3-8-16)21-19-12-6-10-17-9-4-5-11-18(17)19/h1-12H,13-15H2,(H,21,22). The van der Waals surface area contributed by atoms with Crippen LogP contribution in [0.3, 0.4) is 0 Å². The minimum absolute atomic E-state index is 0.0712. The van der Waals surface area contributed by atoms with E-state index >= 15 is 0 Å². The highest BCUT2D eigenvalue weighted by molar-refractivity contribution is 7.98. The maximum atomic E-state index is 12.1. The number of carbonyl (C=O) groups excluding carboxylic acids is 1. The van der Waals surface area contributed by atoms with Crippen molar-refractivity contribution >= 4 is 34.1 Å². The molecule has 0 saturated carbocycles. The summed E-state index contributed by atoms with van der Waals surface area (Å²) in [4.78, 5) is 12.1. The summed E-state index contributed by atoms with van der Waals surface area (Å²) in [5.74, 6) is 1.84. The minimum atomic E-state index is 0.0712. The molecule has 1 amide bonds. The van der Waals surface area contributed by atoms with Gasteiger partial charge in [0.15, 0.2) is 0 Å². The van der Waals surface area contributed by atoms with Crippen LogP contribution in [0.25, 0.3) is 10.8 Å². The van der Waals surface area contributed by atoms with Crippen molar-refractivity contribution in [2.45, 2.75) is 12.2 Å². The molecule has 0 aliphatic heterocycles. The largest absolute Gasteiger partial charge is 0.325 e. The second-order valence-electron chi connectivity index (χ2n) is 5.36. The normalized spacial score (nSPS) is 10.6. The molecule has 0 aliphatic carbocycles. The summed E-state index contributed by atoms with van der Waals surface area (Å²) < 4.78 is 0. The fourth-order valence-electron chi connectivity index (χ4n) is 2.48. The third-order valence-electron chi connectivity index (χ3n) is 3.65. The van der Waals surface area contributed by atoms with Crippen molar-refractivity contribution < 1.29 is 4.79 Å². The summed E-state index contributed by atoms with van der Waals surface area (Å²) in [7, 11) is 0. The molecular formula is C20H19NOS.